The molecule has 206 valence electrons. The predicted molar refractivity (Wildman–Crippen MR) is 154 cm³/mol. The van der Waals surface area contributed by atoms with Gasteiger partial charge >= 0.3 is 0 Å². The summed E-state index contributed by atoms with van der Waals surface area (Å²) in [5, 5.41) is 3.13. The van der Waals surface area contributed by atoms with Crippen LogP contribution in [-0.2, 0) is 18.5 Å². The molecule has 1 aromatic carbocycles. The van der Waals surface area contributed by atoms with Crippen molar-refractivity contribution in [3.63, 3.8) is 0 Å². The predicted octanol–water partition coefficient (Wildman–Crippen LogP) is 7.15. The van der Waals surface area contributed by atoms with Gasteiger partial charge in [0.15, 0.2) is 5.76 Å². The van der Waals surface area contributed by atoms with Crippen LogP contribution in [-0.4, -0.2) is 47.4 Å². The van der Waals surface area contributed by atoms with Gasteiger partial charge in [-0.3, -0.25) is 9.69 Å². The highest BCUT2D eigenvalue weighted by molar-refractivity contribution is 5.91. The van der Waals surface area contributed by atoms with E-state index in [1.807, 2.05) is 12.1 Å². The fraction of sp³-hybridized carbons (Fsp3) is 0.656. The summed E-state index contributed by atoms with van der Waals surface area (Å²) in [6.45, 7) is 18.1. The Bertz CT molecular complexity index is 934. The molecule has 1 aliphatic carbocycles. The second-order valence-corrected chi connectivity index (χ2v) is 12.0. The molecule has 1 saturated carbocycles. The quantitative estimate of drug-likeness (QED) is 0.311. The van der Waals surface area contributed by atoms with Gasteiger partial charge in [-0.2, -0.15) is 0 Å². The van der Waals surface area contributed by atoms with Crippen molar-refractivity contribution in [2.45, 2.75) is 117 Å². The van der Waals surface area contributed by atoms with Crippen LogP contribution < -0.4 is 5.32 Å². The van der Waals surface area contributed by atoms with Gasteiger partial charge in [0.1, 0.15) is 5.76 Å². The molecule has 1 aliphatic rings. The van der Waals surface area contributed by atoms with Crippen LogP contribution in [0, 0.1) is 0 Å². The van der Waals surface area contributed by atoms with Crippen molar-refractivity contribution in [2.24, 2.45) is 0 Å². The molecule has 37 heavy (non-hydrogen) atoms. The Balaban J connectivity index is 1.59. The van der Waals surface area contributed by atoms with Crippen LogP contribution in [0.3, 0.4) is 0 Å². The first-order valence-electron chi connectivity index (χ1n) is 14.6. The van der Waals surface area contributed by atoms with Crippen molar-refractivity contribution < 1.29 is 9.21 Å². The van der Waals surface area contributed by atoms with Gasteiger partial charge < -0.3 is 14.6 Å². The molecule has 1 heterocycles. The van der Waals surface area contributed by atoms with Gasteiger partial charge in [-0.15, -0.1) is 0 Å². The maximum Gasteiger partial charge on any atom is 0.287 e. The van der Waals surface area contributed by atoms with Crippen LogP contribution in [0.1, 0.15) is 114 Å². The third-order valence-corrected chi connectivity index (χ3v) is 7.92. The molecule has 0 saturated heterocycles. The SMILES string of the molecule is CCN(CC)CCCC(C)NC(=O)c1ccc(CN(Cc2ccc(C(C)(C)C)cc2)C2CCCCC2)o1. The highest BCUT2D eigenvalue weighted by Gasteiger charge is 2.24. The molecule has 1 unspecified atom stereocenters. The largest absolute Gasteiger partial charge is 0.455 e. The number of carbonyl (C=O) groups is 1. The maximum atomic E-state index is 12.8. The fourth-order valence-corrected chi connectivity index (χ4v) is 5.42. The molecule has 1 aromatic heterocycles. The minimum Gasteiger partial charge on any atom is -0.455 e. The molecule has 0 bridgehead atoms. The maximum absolute atomic E-state index is 12.8. The summed E-state index contributed by atoms with van der Waals surface area (Å²) in [6.07, 6.45) is 8.45. The number of carbonyl (C=O) groups excluding carboxylic acids is 1. The number of hydrogen-bond acceptors (Lipinski definition) is 4. The van der Waals surface area contributed by atoms with E-state index in [4.69, 9.17) is 4.42 Å². The van der Waals surface area contributed by atoms with E-state index in [1.165, 1.54) is 43.2 Å². The summed E-state index contributed by atoms with van der Waals surface area (Å²) in [5.41, 5.74) is 2.86. The Labute approximate surface area is 226 Å². The molecular weight excluding hydrogens is 458 g/mol. The molecule has 1 amide bonds. The molecule has 1 fully saturated rings. The van der Waals surface area contributed by atoms with Crippen molar-refractivity contribution in [3.8, 4) is 0 Å². The molecule has 1 atom stereocenters. The number of hydrogen-bond donors (Lipinski definition) is 1. The fourth-order valence-electron chi connectivity index (χ4n) is 5.42. The topological polar surface area (TPSA) is 48.7 Å². The number of furan rings is 1. The first-order chi connectivity index (χ1) is 17.7. The Morgan fingerprint density at radius 3 is 2.30 bits per heavy atom. The summed E-state index contributed by atoms with van der Waals surface area (Å²) in [6, 6.07) is 13.6. The lowest BCUT2D eigenvalue weighted by atomic mass is 9.86. The average Bonchev–Trinajstić information content (AvgIpc) is 3.35. The van der Waals surface area contributed by atoms with Gasteiger partial charge in [0.25, 0.3) is 5.91 Å². The minimum absolute atomic E-state index is 0.108. The first kappa shape index (κ1) is 29.4. The number of rotatable bonds is 13. The molecule has 3 rings (SSSR count). The van der Waals surface area contributed by atoms with Crippen LogP contribution in [0.25, 0.3) is 0 Å². The standard InChI is InChI=1S/C32H51N3O2/c1-7-34(8-2)22-12-13-25(3)33-31(36)30-21-20-29(37-30)24-35(28-14-10-9-11-15-28)23-26-16-18-27(19-17-26)32(4,5)6/h16-21,25,28H,7-15,22-24H2,1-6H3,(H,33,36). The Hall–Kier alpha value is -2.11. The van der Waals surface area contributed by atoms with E-state index >= 15 is 0 Å². The minimum atomic E-state index is -0.108. The van der Waals surface area contributed by atoms with Gasteiger partial charge in [-0.1, -0.05) is 78.1 Å². The zero-order valence-corrected chi connectivity index (χ0v) is 24.3. The third kappa shape index (κ3) is 9.30. The van der Waals surface area contributed by atoms with Gasteiger partial charge in [0.2, 0.25) is 0 Å². The smallest absolute Gasteiger partial charge is 0.287 e. The van der Waals surface area contributed by atoms with Crippen LogP contribution >= 0.6 is 0 Å². The summed E-state index contributed by atoms with van der Waals surface area (Å²) in [4.78, 5) is 17.8. The average molecular weight is 510 g/mol. The lowest BCUT2D eigenvalue weighted by Crippen LogP contribution is -2.35. The second kappa shape index (κ2) is 14.2. The number of benzene rings is 1. The number of nitrogens with one attached hydrogen (secondary N) is 1. The van der Waals surface area contributed by atoms with Crippen LogP contribution in [0.2, 0.25) is 0 Å². The lowest BCUT2D eigenvalue weighted by molar-refractivity contribution is 0.0899. The van der Waals surface area contributed by atoms with Gasteiger partial charge in [-0.25, -0.2) is 0 Å². The molecular formula is C32H51N3O2. The van der Waals surface area contributed by atoms with E-state index in [9.17, 15) is 4.79 Å². The van der Waals surface area contributed by atoms with Gasteiger partial charge in [-0.05, 0) is 80.9 Å². The Kier molecular flexibility index (Phi) is 11.3. The Morgan fingerprint density at radius 2 is 1.68 bits per heavy atom. The second-order valence-electron chi connectivity index (χ2n) is 12.0. The summed E-state index contributed by atoms with van der Waals surface area (Å²) in [7, 11) is 0. The highest BCUT2D eigenvalue weighted by Crippen LogP contribution is 2.27. The monoisotopic (exact) mass is 509 g/mol. The zero-order valence-electron chi connectivity index (χ0n) is 24.3. The van der Waals surface area contributed by atoms with E-state index in [0.717, 1.165) is 51.3 Å². The molecule has 0 radical (unpaired) electrons. The molecule has 0 aliphatic heterocycles. The van der Waals surface area contributed by atoms with Crippen molar-refractivity contribution in [1.29, 1.82) is 0 Å². The van der Waals surface area contributed by atoms with Crippen molar-refractivity contribution in [2.75, 3.05) is 19.6 Å². The van der Waals surface area contributed by atoms with Gasteiger partial charge in [0, 0.05) is 18.6 Å². The number of nitrogens with zero attached hydrogens (tertiary/aromatic N) is 2. The zero-order chi connectivity index (χ0) is 26.8. The highest BCUT2D eigenvalue weighted by atomic mass is 16.4. The lowest BCUT2D eigenvalue weighted by Gasteiger charge is -2.34. The molecule has 5 nitrogen and oxygen atoms in total. The van der Waals surface area contributed by atoms with Crippen molar-refractivity contribution in [3.05, 3.63) is 59.0 Å². The number of amides is 1. The van der Waals surface area contributed by atoms with Crippen LogP contribution in [0.4, 0.5) is 0 Å². The van der Waals surface area contributed by atoms with Crippen LogP contribution in [0.15, 0.2) is 40.8 Å². The van der Waals surface area contributed by atoms with Crippen molar-refractivity contribution >= 4 is 5.91 Å². The van der Waals surface area contributed by atoms with E-state index in [0.29, 0.717) is 11.8 Å². The van der Waals surface area contributed by atoms with E-state index in [1.54, 1.807) is 0 Å². The van der Waals surface area contributed by atoms with E-state index < -0.39 is 0 Å². The van der Waals surface area contributed by atoms with Gasteiger partial charge in [0.05, 0.1) is 6.54 Å². The third-order valence-electron chi connectivity index (χ3n) is 7.92. The molecule has 2 aromatic rings. The first-order valence-corrected chi connectivity index (χ1v) is 14.6. The van der Waals surface area contributed by atoms with E-state index in [2.05, 4.69) is 80.9 Å². The molecule has 1 N–H and O–H groups in total. The summed E-state index contributed by atoms with van der Waals surface area (Å²) in [5.74, 6) is 1.18. The molecule has 0 spiro atoms. The normalized spacial score (nSPS) is 15.9. The Morgan fingerprint density at radius 1 is 1.00 bits per heavy atom. The van der Waals surface area contributed by atoms with E-state index in [-0.39, 0.29) is 17.4 Å². The summed E-state index contributed by atoms with van der Waals surface area (Å²) >= 11 is 0. The molecule has 5 heteroatoms. The van der Waals surface area contributed by atoms with Crippen LogP contribution in [0.5, 0.6) is 0 Å². The summed E-state index contributed by atoms with van der Waals surface area (Å²) < 4.78 is 6.08. The van der Waals surface area contributed by atoms with Crippen molar-refractivity contribution in [1.82, 2.24) is 15.1 Å².